The summed E-state index contributed by atoms with van der Waals surface area (Å²) >= 11 is 0. The number of benzene rings is 1. The van der Waals surface area contributed by atoms with E-state index in [0.29, 0.717) is 24.4 Å². The summed E-state index contributed by atoms with van der Waals surface area (Å²) in [6, 6.07) is 6.87. The number of carbonyl (C=O) groups excluding carboxylic acids is 1. The molecule has 1 aromatic carbocycles. The molecule has 0 saturated carbocycles. The summed E-state index contributed by atoms with van der Waals surface area (Å²) < 4.78 is 10.1. The molecule has 0 aliphatic heterocycles. The van der Waals surface area contributed by atoms with Gasteiger partial charge in [-0.1, -0.05) is 6.07 Å². The first-order valence-corrected chi connectivity index (χ1v) is 6.04. The minimum atomic E-state index is -0.569. The van der Waals surface area contributed by atoms with E-state index in [9.17, 15) is 9.90 Å². The normalized spacial score (nSPS) is 11.9. The number of hydrogen-bond acceptors (Lipinski definition) is 5. The lowest BCUT2D eigenvalue weighted by molar-refractivity contribution is -0.123. The third-order valence-electron chi connectivity index (χ3n) is 2.39. The molecule has 0 radical (unpaired) electrons. The molecule has 106 valence electrons. The lowest BCUT2D eigenvalue weighted by atomic mass is 10.2. The quantitative estimate of drug-likeness (QED) is 0.584. The summed E-state index contributed by atoms with van der Waals surface area (Å²) in [6.07, 6.45) is -0.127. The number of ether oxygens (including phenoxy) is 2. The molecule has 1 amide bonds. The molecule has 0 spiro atoms. The van der Waals surface area contributed by atoms with Crippen molar-refractivity contribution in [1.29, 1.82) is 0 Å². The van der Waals surface area contributed by atoms with Crippen LogP contribution in [0.3, 0.4) is 0 Å². The van der Waals surface area contributed by atoms with E-state index in [1.807, 2.05) is 0 Å². The van der Waals surface area contributed by atoms with Crippen molar-refractivity contribution in [1.82, 2.24) is 5.32 Å². The lowest BCUT2D eigenvalue weighted by Gasteiger charge is -2.10. The average molecular weight is 268 g/mol. The van der Waals surface area contributed by atoms with E-state index in [0.717, 1.165) is 0 Å². The van der Waals surface area contributed by atoms with E-state index in [1.165, 1.54) is 7.11 Å². The predicted octanol–water partition coefficient (Wildman–Crippen LogP) is 0.161. The Hall–Kier alpha value is -1.79. The number of nitrogens with two attached hydrogens (primary N) is 1. The second kappa shape index (κ2) is 8.34. The van der Waals surface area contributed by atoms with Crippen LogP contribution in [-0.4, -0.2) is 44.0 Å². The van der Waals surface area contributed by atoms with Crippen LogP contribution >= 0.6 is 0 Å². The molecule has 6 nitrogen and oxygen atoms in total. The van der Waals surface area contributed by atoms with E-state index < -0.39 is 6.10 Å². The largest absolute Gasteiger partial charge is 0.484 e. The number of aliphatic hydroxyl groups is 1. The highest BCUT2D eigenvalue weighted by Gasteiger charge is 2.06. The molecular formula is C13H20N2O4. The Morgan fingerprint density at radius 3 is 3.00 bits per heavy atom. The minimum absolute atomic E-state index is 0.0795. The van der Waals surface area contributed by atoms with Gasteiger partial charge in [0.25, 0.3) is 5.91 Å². The Bertz CT molecular complexity index is 398. The number of carbonyl (C=O) groups is 1. The fraction of sp³-hybridized carbons (Fsp3) is 0.462. The van der Waals surface area contributed by atoms with Gasteiger partial charge >= 0.3 is 0 Å². The topological polar surface area (TPSA) is 93.8 Å². The van der Waals surface area contributed by atoms with Crippen molar-refractivity contribution in [2.24, 2.45) is 0 Å². The first kappa shape index (κ1) is 15.3. The van der Waals surface area contributed by atoms with Crippen molar-refractivity contribution in [2.45, 2.75) is 12.5 Å². The Kier molecular flexibility index (Phi) is 6.70. The molecule has 1 aromatic rings. The highest BCUT2D eigenvalue weighted by molar-refractivity contribution is 5.77. The SMILES string of the molecule is COCC(O)CCNC(=O)COc1cccc(N)c1. The lowest BCUT2D eigenvalue weighted by Crippen LogP contribution is -2.32. The van der Waals surface area contributed by atoms with Gasteiger partial charge in [0, 0.05) is 25.4 Å². The second-order valence-corrected chi connectivity index (χ2v) is 4.11. The smallest absolute Gasteiger partial charge is 0.257 e. The summed E-state index contributed by atoms with van der Waals surface area (Å²) in [5.74, 6) is 0.307. The fourth-order valence-corrected chi connectivity index (χ4v) is 1.46. The molecule has 6 heteroatoms. The Morgan fingerprint density at radius 2 is 2.32 bits per heavy atom. The van der Waals surface area contributed by atoms with Crippen molar-refractivity contribution in [3.63, 3.8) is 0 Å². The van der Waals surface area contributed by atoms with Crippen LogP contribution in [0.1, 0.15) is 6.42 Å². The average Bonchev–Trinajstić information content (AvgIpc) is 2.37. The van der Waals surface area contributed by atoms with Crippen LogP contribution in [0.15, 0.2) is 24.3 Å². The van der Waals surface area contributed by atoms with Crippen LogP contribution in [0.2, 0.25) is 0 Å². The molecule has 0 aromatic heterocycles. The first-order valence-electron chi connectivity index (χ1n) is 6.04. The van der Waals surface area contributed by atoms with E-state index in [2.05, 4.69) is 5.32 Å². The summed E-state index contributed by atoms with van der Waals surface area (Å²) in [7, 11) is 1.52. The predicted molar refractivity (Wildman–Crippen MR) is 71.9 cm³/mol. The van der Waals surface area contributed by atoms with Crippen molar-refractivity contribution in [2.75, 3.05) is 32.6 Å². The Morgan fingerprint density at radius 1 is 1.53 bits per heavy atom. The number of methoxy groups -OCH3 is 1. The van der Waals surface area contributed by atoms with Gasteiger partial charge in [0.1, 0.15) is 5.75 Å². The zero-order chi connectivity index (χ0) is 14.1. The van der Waals surface area contributed by atoms with Crippen LogP contribution in [-0.2, 0) is 9.53 Å². The number of hydrogen-bond donors (Lipinski definition) is 3. The van der Waals surface area contributed by atoms with Gasteiger partial charge in [-0.05, 0) is 18.6 Å². The van der Waals surface area contributed by atoms with E-state index >= 15 is 0 Å². The zero-order valence-corrected chi connectivity index (χ0v) is 11.0. The molecule has 0 heterocycles. The minimum Gasteiger partial charge on any atom is -0.484 e. The fourth-order valence-electron chi connectivity index (χ4n) is 1.46. The first-order chi connectivity index (χ1) is 9.11. The second-order valence-electron chi connectivity index (χ2n) is 4.11. The zero-order valence-electron chi connectivity index (χ0n) is 11.0. The molecule has 4 N–H and O–H groups in total. The van der Waals surface area contributed by atoms with Crippen molar-refractivity contribution in [3.05, 3.63) is 24.3 Å². The van der Waals surface area contributed by atoms with Crippen molar-refractivity contribution >= 4 is 11.6 Å². The van der Waals surface area contributed by atoms with Gasteiger partial charge in [-0.2, -0.15) is 0 Å². The van der Waals surface area contributed by atoms with E-state index in [1.54, 1.807) is 24.3 Å². The van der Waals surface area contributed by atoms with Crippen LogP contribution < -0.4 is 15.8 Å². The molecule has 1 rings (SSSR count). The molecule has 0 saturated heterocycles. The van der Waals surface area contributed by atoms with Crippen LogP contribution in [0.25, 0.3) is 0 Å². The maximum Gasteiger partial charge on any atom is 0.257 e. The number of anilines is 1. The van der Waals surface area contributed by atoms with Crippen LogP contribution in [0, 0.1) is 0 Å². The maximum absolute atomic E-state index is 11.5. The van der Waals surface area contributed by atoms with Gasteiger partial charge in [-0.15, -0.1) is 0 Å². The van der Waals surface area contributed by atoms with Crippen molar-refractivity contribution in [3.8, 4) is 5.75 Å². The third kappa shape index (κ3) is 6.64. The van der Waals surface area contributed by atoms with E-state index in [-0.39, 0.29) is 19.1 Å². The van der Waals surface area contributed by atoms with Gasteiger partial charge in [-0.3, -0.25) is 4.79 Å². The summed E-state index contributed by atoms with van der Waals surface area (Å²) in [6.45, 7) is 0.559. The van der Waals surface area contributed by atoms with Gasteiger partial charge in [0.15, 0.2) is 6.61 Å². The van der Waals surface area contributed by atoms with Gasteiger partial charge in [0.05, 0.1) is 12.7 Å². The molecule has 0 fully saturated rings. The Labute approximate surface area is 112 Å². The molecular weight excluding hydrogens is 248 g/mol. The van der Waals surface area contributed by atoms with E-state index in [4.69, 9.17) is 15.2 Å². The van der Waals surface area contributed by atoms with Crippen molar-refractivity contribution < 1.29 is 19.4 Å². The highest BCUT2D eigenvalue weighted by atomic mass is 16.5. The van der Waals surface area contributed by atoms with Crippen LogP contribution in [0.4, 0.5) is 5.69 Å². The number of rotatable bonds is 8. The molecule has 0 bridgehead atoms. The molecule has 0 aliphatic rings. The van der Waals surface area contributed by atoms with Gasteiger partial charge < -0.3 is 25.6 Å². The third-order valence-corrected chi connectivity index (χ3v) is 2.39. The maximum atomic E-state index is 11.5. The molecule has 1 unspecified atom stereocenters. The number of amides is 1. The molecule has 0 aliphatic carbocycles. The summed E-state index contributed by atoms with van der Waals surface area (Å²) in [5.41, 5.74) is 6.17. The standard InChI is InChI=1S/C13H20N2O4/c1-18-8-11(16)5-6-15-13(17)9-19-12-4-2-3-10(14)7-12/h2-4,7,11,16H,5-6,8-9,14H2,1H3,(H,15,17). The number of nitrogens with one attached hydrogen (secondary N) is 1. The van der Waals surface area contributed by atoms with Gasteiger partial charge in [-0.25, -0.2) is 0 Å². The monoisotopic (exact) mass is 268 g/mol. The highest BCUT2D eigenvalue weighted by Crippen LogP contribution is 2.13. The summed E-state index contributed by atoms with van der Waals surface area (Å²) in [5, 5.41) is 12.0. The number of nitrogen functional groups attached to an aromatic ring is 1. The number of aliphatic hydroxyl groups excluding tert-OH is 1. The molecule has 19 heavy (non-hydrogen) atoms. The summed E-state index contributed by atoms with van der Waals surface area (Å²) in [4.78, 5) is 11.5. The molecule has 1 atom stereocenters. The van der Waals surface area contributed by atoms with Crippen LogP contribution in [0.5, 0.6) is 5.75 Å². The van der Waals surface area contributed by atoms with Gasteiger partial charge in [0.2, 0.25) is 0 Å². The Balaban J connectivity index is 2.18.